The molecule has 0 saturated carbocycles. The fraction of sp³-hybridized carbons (Fsp3) is 0.344. The molecule has 2 aliphatic heterocycles. The van der Waals surface area contributed by atoms with Gasteiger partial charge in [0, 0.05) is 23.2 Å². The Hall–Kier alpha value is -4.41. The third-order valence-electron chi connectivity index (χ3n) is 7.78. The fourth-order valence-electron chi connectivity index (χ4n) is 5.43. The van der Waals surface area contributed by atoms with Crippen LogP contribution < -0.4 is 10.1 Å². The predicted molar refractivity (Wildman–Crippen MR) is 164 cm³/mol. The first-order valence-electron chi connectivity index (χ1n) is 14.8. The zero-order valence-electron chi connectivity index (χ0n) is 25.0. The van der Waals surface area contributed by atoms with Crippen molar-refractivity contribution in [2.75, 3.05) is 39.6 Å². The number of hydrogen-bond donors (Lipinski definition) is 4. The number of benzene rings is 3. The average Bonchev–Trinajstić information content (AvgIpc) is 3.75. The fourth-order valence-corrected chi connectivity index (χ4v) is 5.71. The summed E-state index contributed by atoms with van der Waals surface area (Å²) in [6.07, 6.45) is -6.97. The Morgan fingerprint density at radius 3 is 2.44 bits per heavy atom. The van der Waals surface area contributed by atoms with Crippen LogP contribution in [0.15, 0.2) is 54.6 Å². The highest BCUT2D eigenvalue weighted by molar-refractivity contribution is 6.34. The zero-order valence-corrected chi connectivity index (χ0v) is 25.7. The van der Waals surface area contributed by atoms with E-state index in [9.17, 15) is 33.0 Å². The minimum atomic E-state index is -5.07. The van der Waals surface area contributed by atoms with Gasteiger partial charge in [0.2, 0.25) is 0 Å². The number of esters is 1. The van der Waals surface area contributed by atoms with E-state index in [-0.39, 0.29) is 56.4 Å². The summed E-state index contributed by atoms with van der Waals surface area (Å²) < 4.78 is 62.6. The van der Waals surface area contributed by atoms with Crippen molar-refractivity contribution in [2.24, 2.45) is 0 Å². The molecule has 0 aliphatic carbocycles. The summed E-state index contributed by atoms with van der Waals surface area (Å²) in [4.78, 5) is 30.8. The third kappa shape index (κ3) is 7.34. The number of nitrogens with zero attached hydrogens (tertiary/aromatic N) is 1. The lowest BCUT2D eigenvalue weighted by molar-refractivity contribution is -0.200. The van der Waals surface area contributed by atoms with Crippen molar-refractivity contribution >= 4 is 34.5 Å². The summed E-state index contributed by atoms with van der Waals surface area (Å²) in [7, 11) is 0. The summed E-state index contributed by atoms with van der Waals surface area (Å²) in [5.74, 6) is -2.92. The van der Waals surface area contributed by atoms with E-state index in [1.54, 1.807) is 24.3 Å². The highest BCUT2D eigenvalue weighted by atomic mass is 35.5. The van der Waals surface area contributed by atoms with Crippen LogP contribution in [0.25, 0.3) is 33.3 Å². The SMILES string of the molecule is O=C(NCCOCCOC(=O)C(F)(F)F)c1ccc(-c2ccc(-c3cc4nc(O[C@@H]5CO[C@H]6[C@@H]5OC[C@H]6O)[nH]c4cc3Cl)cc2)c(O)c1. The van der Waals surface area contributed by atoms with Crippen LogP contribution in [0, 0.1) is 0 Å². The topological polar surface area (TPSA) is 161 Å². The van der Waals surface area contributed by atoms with E-state index in [0.29, 0.717) is 27.2 Å². The number of phenolic OH excluding ortho intramolecular Hbond substituents is 1. The largest absolute Gasteiger partial charge is 0.507 e. The average molecular weight is 692 g/mol. The molecule has 0 unspecified atom stereocenters. The van der Waals surface area contributed by atoms with Crippen LogP contribution in [0.4, 0.5) is 13.2 Å². The van der Waals surface area contributed by atoms with E-state index in [4.69, 9.17) is 30.5 Å². The number of aliphatic hydroxyl groups excluding tert-OH is 1. The maximum Gasteiger partial charge on any atom is 0.490 e. The van der Waals surface area contributed by atoms with E-state index in [1.807, 2.05) is 18.2 Å². The lowest BCUT2D eigenvalue weighted by atomic mass is 9.98. The number of imidazole rings is 1. The van der Waals surface area contributed by atoms with Crippen LogP contribution >= 0.6 is 11.6 Å². The molecule has 6 rings (SSSR count). The Kier molecular flexibility index (Phi) is 9.75. The number of fused-ring (bicyclic) bond motifs is 2. The molecule has 1 amide bonds. The van der Waals surface area contributed by atoms with Gasteiger partial charge in [0.25, 0.3) is 11.9 Å². The van der Waals surface area contributed by atoms with Crippen molar-refractivity contribution in [3.63, 3.8) is 0 Å². The van der Waals surface area contributed by atoms with Gasteiger partial charge in [-0.05, 0) is 41.5 Å². The molecule has 4 atom stereocenters. The lowest BCUT2D eigenvalue weighted by Gasteiger charge is -2.15. The monoisotopic (exact) mass is 691 g/mol. The normalized spacial score (nSPS) is 20.5. The summed E-state index contributed by atoms with van der Waals surface area (Å²) in [6.45, 7) is -0.381. The maximum atomic E-state index is 12.5. The van der Waals surface area contributed by atoms with Gasteiger partial charge in [0.1, 0.15) is 30.7 Å². The van der Waals surface area contributed by atoms with Crippen molar-refractivity contribution in [2.45, 2.75) is 30.6 Å². The number of phenols is 1. The highest BCUT2D eigenvalue weighted by Gasteiger charge is 2.48. The minimum absolute atomic E-state index is 0.0321. The Bertz CT molecular complexity index is 1800. The molecular weight excluding hydrogens is 663 g/mol. The Balaban J connectivity index is 1.04. The molecule has 2 fully saturated rings. The molecular formula is C32H29ClF3N3O9. The molecule has 1 aromatic heterocycles. The van der Waals surface area contributed by atoms with Gasteiger partial charge >= 0.3 is 12.1 Å². The molecule has 3 aromatic carbocycles. The molecule has 12 nitrogen and oxygen atoms in total. The molecule has 0 bridgehead atoms. The molecule has 4 N–H and O–H groups in total. The van der Waals surface area contributed by atoms with Crippen LogP contribution in [0.3, 0.4) is 0 Å². The molecule has 4 aromatic rings. The number of nitrogens with one attached hydrogen (secondary N) is 2. The molecule has 2 saturated heterocycles. The third-order valence-corrected chi connectivity index (χ3v) is 8.10. The van der Waals surface area contributed by atoms with E-state index in [0.717, 1.165) is 11.1 Å². The number of aromatic nitrogens is 2. The number of aromatic hydroxyl groups is 1. The second kappa shape index (κ2) is 14.0. The van der Waals surface area contributed by atoms with Crippen LogP contribution in [0.2, 0.25) is 5.02 Å². The number of carbonyl (C=O) groups is 2. The van der Waals surface area contributed by atoms with Gasteiger partial charge in [0.05, 0.1) is 42.5 Å². The Morgan fingerprint density at radius 1 is 0.979 bits per heavy atom. The lowest BCUT2D eigenvalue weighted by Crippen LogP contribution is -2.34. The number of halogens is 4. The van der Waals surface area contributed by atoms with Gasteiger partial charge in [0.15, 0.2) is 6.10 Å². The first-order valence-corrected chi connectivity index (χ1v) is 15.2. The second-order valence-corrected chi connectivity index (χ2v) is 11.4. The van der Waals surface area contributed by atoms with Crippen LogP contribution in [-0.2, 0) is 23.7 Å². The molecule has 48 heavy (non-hydrogen) atoms. The van der Waals surface area contributed by atoms with Crippen molar-refractivity contribution in [3.05, 3.63) is 65.2 Å². The zero-order chi connectivity index (χ0) is 34.0. The predicted octanol–water partition coefficient (Wildman–Crippen LogP) is 4.01. The first kappa shape index (κ1) is 33.5. The number of hydrogen-bond acceptors (Lipinski definition) is 10. The second-order valence-electron chi connectivity index (χ2n) is 11.0. The van der Waals surface area contributed by atoms with Gasteiger partial charge in [-0.2, -0.15) is 18.2 Å². The number of aliphatic hydroxyl groups is 1. The molecule has 2 aliphatic rings. The number of H-pyrrole nitrogens is 1. The van der Waals surface area contributed by atoms with Gasteiger partial charge in [-0.3, -0.25) is 4.79 Å². The summed E-state index contributed by atoms with van der Waals surface area (Å²) >= 11 is 6.63. The number of ether oxygens (including phenoxy) is 5. The molecule has 3 heterocycles. The van der Waals surface area contributed by atoms with Crippen LogP contribution in [-0.4, -0.2) is 102 Å². The van der Waals surface area contributed by atoms with Crippen molar-refractivity contribution in [1.82, 2.24) is 15.3 Å². The molecule has 0 spiro atoms. The van der Waals surface area contributed by atoms with Gasteiger partial charge in [-0.15, -0.1) is 0 Å². The van der Waals surface area contributed by atoms with Crippen molar-refractivity contribution in [1.29, 1.82) is 0 Å². The number of alkyl halides is 3. The minimum Gasteiger partial charge on any atom is -0.507 e. The van der Waals surface area contributed by atoms with Crippen LogP contribution in [0.1, 0.15) is 10.4 Å². The summed E-state index contributed by atoms with van der Waals surface area (Å²) in [6, 6.07) is 15.6. The number of aromatic amines is 1. The highest BCUT2D eigenvalue weighted by Crippen LogP contribution is 2.36. The van der Waals surface area contributed by atoms with Crippen molar-refractivity contribution in [3.8, 4) is 34.0 Å². The number of carbonyl (C=O) groups excluding carboxylic acids is 2. The van der Waals surface area contributed by atoms with Crippen molar-refractivity contribution < 1.29 is 56.7 Å². The maximum absolute atomic E-state index is 12.5. The van der Waals surface area contributed by atoms with E-state index < -0.39 is 43.0 Å². The number of rotatable bonds is 11. The smallest absolute Gasteiger partial charge is 0.490 e. The Labute approximate surface area is 275 Å². The standard InChI is InChI=1S/C32H29ClF3N3O9/c33-21-13-23-22(38-31(39-23)48-26-15-47-27-25(41)14-46-28(26)27)12-20(21)17-3-1-16(2-4-17)19-6-5-18(11-24(19)40)29(42)37-7-8-44-9-10-45-30(43)32(34,35)36/h1-6,11-13,25-28,40-41H,7-10,14-15H2,(H,37,42)(H,38,39)/t25-,26-,27-,28-/m1/s1. The quantitative estimate of drug-likeness (QED) is 0.134. The molecule has 0 radical (unpaired) electrons. The molecule has 254 valence electrons. The van der Waals surface area contributed by atoms with E-state index >= 15 is 0 Å². The molecule has 16 heteroatoms. The number of amides is 1. The van der Waals surface area contributed by atoms with E-state index in [2.05, 4.69) is 20.0 Å². The summed E-state index contributed by atoms with van der Waals surface area (Å²) in [5, 5.41) is 23.7. The van der Waals surface area contributed by atoms with Gasteiger partial charge in [-0.1, -0.05) is 35.9 Å². The van der Waals surface area contributed by atoms with E-state index in [1.165, 1.54) is 12.1 Å². The van der Waals surface area contributed by atoms with Crippen LogP contribution in [0.5, 0.6) is 11.8 Å². The summed E-state index contributed by atoms with van der Waals surface area (Å²) in [5.41, 5.74) is 4.18. The Morgan fingerprint density at radius 2 is 1.71 bits per heavy atom. The van der Waals surface area contributed by atoms with Gasteiger partial charge < -0.3 is 44.2 Å². The van der Waals surface area contributed by atoms with Gasteiger partial charge in [-0.25, -0.2) is 4.79 Å². The first-order chi connectivity index (χ1) is 23.0.